The Bertz CT molecular complexity index is 329. The highest BCUT2D eigenvalue weighted by Gasteiger charge is 2.12. The Morgan fingerprint density at radius 1 is 1.38 bits per heavy atom. The van der Waals surface area contributed by atoms with Crippen LogP contribution in [0.2, 0.25) is 0 Å². The Labute approximate surface area is 73.0 Å². The molecule has 0 fully saturated rings. The van der Waals surface area contributed by atoms with Crippen LogP contribution in [0, 0.1) is 11.6 Å². The summed E-state index contributed by atoms with van der Waals surface area (Å²) in [7, 11) is 1.35. The highest BCUT2D eigenvalue weighted by molar-refractivity contribution is 5.88. The van der Waals surface area contributed by atoms with Crippen LogP contribution in [-0.2, 0) is 0 Å². The number of halogens is 2. The number of carbonyl (C=O) groups is 1. The molecule has 0 aliphatic heterocycles. The van der Waals surface area contributed by atoms with Crippen molar-refractivity contribution < 1.29 is 18.7 Å². The molecule has 1 rings (SSSR count). The molecule has 1 aromatic rings. The van der Waals surface area contributed by atoms with Gasteiger partial charge in [0.2, 0.25) is 0 Å². The summed E-state index contributed by atoms with van der Waals surface area (Å²) in [4.78, 5) is 10.4. The van der Waals surface area contributed by atoms with E-state index >= 15 is 0 Å². The average molecular weight is 187 g/mol. The van der Waals surface area contributed by atoms with Crippen molar-refractivity contribution in [1.82, 2.24) is 0 Å². The minimum atomic E-state index is -1.36. The predicted molar refractivity (Wildman–Crippen MR) is 42.9 cm³/mol. The molecule has 0 radical (unpaired) electrons. The molecular weight excluding hydrogens is 180 g/mol. The van der Waals surface area contributed by atoms with Gasteiger partial charge in [-0.3, -0.25) is 0 Å². The van der Waals surface area contributed by atoms with Gasteiger partial charge in [0.15, 0.2) is 0 Å². The quantitative estimate of drug-likeness (QED) is 0.740. The molecule has 70 valence electrons. The normalized spacial score (nSPS) is 9.77. The van der Waals surface area contributed by atoms with Gasteiger partial charge in [0, 0.05) is 7.05 Å². The molecule has 2 N–H and O–H groups in total. The number of benzene rings is 1. The lowest BCUT2D eigenvalue weighted by atomic mass is 10.2. The highest BCUT2D eigenvalue weighted by Crippen LogP contribution is 2.19. The molecule has 0 aliphatic rings. The molecule has 13 heavy (non-hydrogen) atoms. The molecular formula is C8H7F2NO2. The van der Waals surface area contributed by atoms with Crippen LogP contribution in [0.4, 0.5) is 14.5 Å². The molecule has 0 heterocycles. The maximum atomic E-state index is 12.9. The van der Waals surface area contributed by atoms with Crippen LogP contribution in [0.5, 0.6) is 0 Å². The summed E-state index contributed by atoms with van der Waals surface area (Å²) in [5, 5.41) is 10.7. The van der Waals surface area contributed by atoms with Crippen LogP contribution in [0.15, 0.2) is 12.1 Å². The molecule has 0 unspecified atom stereocenters. The van der Waals surface area contributed by atoms with E-state index in [0.29, 0.717) is 0 Å². The number of carboxylic acid groups (broad SMARTS) is 1. The number of rotatable bonds is 2. The van der Waals surface area contributed by atoms with Gasteiger partial charge in [-0.15, -0.1) is 0 Å². The zero-order valence-electron chi connectivity index (χ0n) is 6.77. The van der Waals surface area contributed by atoms with Gasteiger partial charge in [-0.05, 0) is 12.1 Å². The number of nitrogens with one attached hydrogen (secondary N) is 1. The number of carboxylic acids is 1. The standard InChI is InChI=1S/C8H7F2NO2/c1-11-7-5(9)2-4(8(12)13)3-6(7)10/h2-3,11H,1H3,(H,12,13). The molecule has 0 saturated heterocycles. The Balaban J connectivity index is 3.28. The fraction of sp³-hybridized carbons (Fsp3) is 0.125. The summed E-state index contributed by atoms with van der Waals surface area (Å²) in [5.41, 5.74) is -0.737. The first kappa shape index (κ1) is 9.44. The maximum absolute atomic E-state index is 12.9. The van der Waals surface area contributed by atoms with Crippen molar-refractivity contribution in [3.05, 3.63) is 29.3 Å². The van der Waals surface area contributed by atoms with Gasteiger partial charge in [0.25, 0.3) is 0 Å². The molecule has 0 aromatic heterocycles. The van der Waals surface area contributed by atoms with E-state index in [1.807, 2.05) is 0 Å². The van der Waals surface area contributed by atoms with Crippen LogP contribution in [0.25, 0.3) is 0 Å². The van der Waals surface area contributed by atoms with Crippen LogP contribution < -0.4 is 5.32 Å². The third-order valence-corrected chi connectivity index (χ3v) is 1.54. The minimum absolute atomic E-state index is 0.329. The molecule has 0 spiro atoms. The first-order valence-electron chi connectivity index (χ1n) is 3.46. The Kier molecular flexibility index (Phi) is 2.46. The van der Waals surface area contributed by atoms with Crippen molar-refractivity contribution >= 4 is 11.7 Å². The fourth-order valence-corrected chi connectivity index (χ4v) is 0.935. The summed E-state index contributed by atoms with van der Waals surface area (Å²) in [6.07, 6.45) is 0. The fourth-order valence-electron chi connectivity index (χ4n) is 0.935. The van der Waals surface area contributed by atoms with Crippen LogP contribution >= 0.6 is 0 Å². The van der Waals surface area contributed by atoms with E-state index in [1.54, 1.807) is 0 Å². The Hall–Kier alpha value is -1.65. The summed E-state index contributed by atoms with van der Waals surface area (Å²) < 4.78 is 25.8. The average Bonchev–Trinajstić information content (AvgIpc) is 2.03. The molecule has 3 nitrogen and oxygen atoms in total. The second-order valence-corrected chi connectivity index (χ2v) is 2.37. The molecule has 0 amide bonds. The predicted octanol–water partition coefficient (Wildman–Crippen LogP) is 1.70. The molecule has 5 heteroatoms. The smallest absolute Gasteiger partial charge is 0.335 e. The van der Waals surface area contributed by atoms with E-state index < -0.39 is 23.2 Å². The van der Waals surface area contributed by atoms with Gasteiger partial charge in [-0.1, -0.05) is 0 Å². The van der Waals surface area contributed by atoms with Crippen molar-refractivity contribution in [3.63, 3.8) is 0 Å². The van der Waals surface area contributed by atoms with E-state index in [-0.39, 0.29) is 5.69 Å². The van der Waals surface area contributed by atoms with E-state index in [9.17, 15) is 13.6 Å². The lowest BCUT2D eigenvalue weighted by Gasteiger charge is -2.04. The highest BCUT2D eigenvalue weighted by atomic mass is 19.1. The number of hydrogen-bond donors (Lipinski definition) is 2. The maximum Gasteiger partial charge on any atom is 0.335 e. The van der Waals surface area contributed by atoms with Gasteiger partial charge in [0.1, 0.15) is 17.3 Å². The third-order valence-electron chi connectivity index (χ3n) is 1.54. The van der Waals surface area contributed by atoms with Crippen molar-refractivity contribution in [2.24, 2.45) is 0 Å². The topological polar surface area (TPSA) is 49.3 Å². The molecule has 0 saturated carbocycles. The van der Waals surface area contributed by atoms with E-state index in [2.05, 4.69) is 5.32 Å². The van der Waals surface area contributed by atoms with E-state index in [4.69, 9.17) is 5.11 Å². The number of aromatic carboxylic acids is 1. The van der Waals surface area contributed by atoms with Crippen molar-refractivity contribution in [3.8, 4) is 0 Å². The van der Waals surface area contributed by atoms with Gasteiger partial charge >= 0.3 is 5.97 Å². The molecule has 0 aliphatic carbocycles. The number of hydrogen-bond acceptors (Lipinski definition) is 2. The monoisotopic (exact) mass is 187 g/mol. The number of anilines is 1. The lowest BCUT2D eigenvalue weighted by molar-refractivity contribution is 0.0696. The first-order chi connectivity index (χ1) is 6.06. The van der Waals surface area contributed by atoms with Gasteiger partial charge in [-0.25, -0.2) is 13.6 Å². The Morgan fingerprint density at radius 2 is 1.85 bits per heavy atom. The van der Waals surface area contributed by atoms with Crippen molar-refractivity contribution in [1.29, 1.82) is 0 Å². The largest absolute Gasteiger partial charge is 0.478 e. The van der Waals surface area contributed by atoms with Crippen molar-refractivity contribution in [2.45, 2.75) is 0 Å². The van der Waals surface area contributed by atoms with Gasteiger partial charge in [-0.2, -0.15) is 0 Å². The minimum Gasteiger partial charge on any atom is -0.478 e. The van der Waals surface area contributed by atoms with Crippen LogP contribution in [-0.4, -0.2) is 18.1 Å². The third kappa shape index (κ3) is 1.74. The summed E-state index contributed by atoms with van der Waals surface area (Å²) in [5.74, 6) is -3.19. The Morgan fingerprint density at radius 3 is 2.15 bits per heavy atom. The van der Waals surface area contributed by atoms with Gasteiger partial charge in [0.05, 0.1) is 5.56 Å². The first-order valence-corrected chi connectivity index (χ1v) is 3.46. The molecule has 0 atom stereocenters. The lowest BCUT2D eigenvalue weighted by Crippen LogP contribution is -2.02. The van der Waals surface area contributed by atoms with E-state index in [1.165, 1.54) is 7.05 Å². The summed E-state index contributed by atoms with van der Waals surface area (Å²) in [6.45, 7) is 0. The summed E-state index contributed by atoms with van der Waals surface area (Å²) in [6, 6.07) is 1.52. The van der Waals surface area contributed by atoms with Gasteiger partial charge < -0.3 is 10.4 Å². The zero-order valence-corrected chi connectivity index (χ0v) is 6.77. The summed E-state index contributed by atoms with van der Waals surface area (Å²) >= 11 is 0. The second kappa shape index (κ2) is 3.38. The molecule has 1 aromatic carbocycles. The van der Waals surface area contributed by atoms with Crippen LogP contribution in [0.1, 0.15) is 10.4 Å². The molecule has 0 bridgehead atoms. The van der Waals surface area contributed by atoms with Crippen LogP contribution in [0.3, 0.4) is 0 Å². The SMILES string of the molecule is CNc1c(F)cc(C(=O)O)cc1F. The van der Waals surface area contributed by atoms with E-state index in [0.717, 1.165) is 12.1 Å². The van der Waals surface area contributed by atoms with Crippen molar-refractivity contribution in [2.75, 3.05) is 12.4 Å². The second-order valence-electron chi connectivity index (χ2n) is 2.37. The zero-order chi connectivity index (χ0) is 10.0.